The van der Waals surface area contributed by atoms with Gasteiger partial charge in [-0.05, 0) is 48.2 Å². The summed E-state index contributed by atoms with van der Waals surface area (Å²) in [5, 5.41) is 3.49. The Balaban J connectivity index is 1.41. The van der Waals surface area contributed by atoms with E-state index < -0.39 is 10.0 Å². The molecule has 172 valence electrons. The summed E-state index contributed by atoms with van der Waals surface area (Å²) < 4.78 is 25.5. The number of anilines is 2. The predicted molar refractivity (Wildman–Crippen MR) is 138 cm³/mol. The second-order valence-electron chi connectivity index (χ2n) is 8.22. The first-order valence-corrected chi connectivity index (χ1v) is 13.5. The normalized spacial score (nSPS) is 13.1. The van der Waals surface area contributed by atoms with Crippen molar-refractivity contribution < 1.29 is 13.2 Å². The standard InChI is InChI=1S/C26H23N3O3S2/c1-17-24(20-12-13-23-19(16-20)14-15-29(23)34(2,31)32)27-26(33-17)28-25(30)22-11-7-6-10-21(22)18-8-4-3-5-9-18/h3-13,16H,14-15H2,1-2H3,(H,27,28,30). The van der Waals surface area contributed by atoms with E-state index in [-0.39, 0.29) is 5.91 Å². The van der Waals surface area contributed by atoms with Crippen molar-refractivity contribution >= 4 is 38.1 Å². The number of fused-ring (bicyclic) bond motifs is 1. The summed E-state index contributed by atoms with van der Waals surface area (Å²) in [6, 6.07) is 23.1. The van der Waals surface area contributed by atoms with Crippen LogP contribution in [0.3, 0.4) is 0 Å². The molecule has 1 aliphatic rings. The van der Waals surface area contributed by atoms with Crippen molar-refractivity contribution in [2.45, 2.75) is 13.3 Å². The molecule has 0 aliphatic carbocycles. The van der Waals surface area contributed by atoms with E-state index in [4.69, 9.17) is 4.98 Å². The summed E-state index contributed by atoms with van der Waals surface area (Å²) >= 11 is 1.42. The molecule has 1 aromatic heterocycles. The lowest BCUT2D eigenvalue weighted by atomic mass is 9.99. The molecule has 0 saturated heterocycles. The third kappa shape index (κ3) is 4.22. The van der Waals surface area contributed by atoms with E-state index in [0.717, 1.165) is 38.5 Å². The first-order valence-electron chi connectivity index (χ1n) is 10.9. The molecule has 0 radical (unpaired) electrons. The zero-order valence-electron chi connectivity index (χ0n) is 18.8. The van der Waals surface area contributed by atoms with Crippen molar-refractivity contribution in [3.8, 4) is 22.4 Å². The lowest BCUT2D eigenvalue weighted by Gasteiger charge is -2.16. The van der Waals surface area contributed by atoms with E-state index in [1.165, 1.54) is 21.9 Å². The van der Waals surface area contributed by atoms with Crippen molar-refractivity contribution in [2.24, 2.45) is 0 Å². The summed E-state index contributed by atoms with van der Waals surface area (Å²) in [5.41, 5.74) is 5.84. The highest BCUT2D eigenvalue weighted by Gasteiger charge is 2.27. The number of hydrogen-bond acceptors (Lipinski definition) is 5. The Kier molecular flexibility index (Phi) is 5.71. The van der Waals surface area contributed by atoms with Gasteiger partial charge < -0.3 is 0 Å². The molecule has 0 spiro atoms. The van der Waals surface area contributed by atoms with E-state index in [9.17, 15) is 13.2 Å². The van der Waals surface area contributed by atoms with Crippen molar-refractivity contribution in [3.63, 3.8) is 0 Å². The van der Waals surface area contributed by atoms with Crippen molar-refractivity contribution in [1.29, 1.82) is 0 Å². The lowest BCUT2D eigenvalue weighted by molar-refractivity contribution is 0.102. The molecule has 3 aromatic carbocycles. The number of rotatable bonds is 5. The quantitative estimate of drug-likeness (QED) is 0.409. The molecule has 0 atom stereocenters. The van der Waals surface area contributed by atoms with Crippen LogP contribution in [-0.2, 0) is 16.4 Å². The van der Waals surface area contributed by atoms with Crippen LogP contribution in [0.4, 0.5) is 10.8 Å². The maximum atomic E-state index is 13.1. The Hall–Kier alpha value is -3.49. The monoisotopic (exact) mass is 489 g/mol. The summed E-state index contributed by atoms with van der Waals surface area (Å²) in [5.74, 6) is -0.211. The highest BCUT2D eigenvalue weighted by Crippen LogP contribution is 2.36. The lowest BCUT2D eigenvalue weighted by Crippen LogP contribution is -2.27. The maximum absolute atomic E-state index is 13.1. The van der Waals surface area contributed by atoms with Crippen LogP contribution >= 0.6 is 11.3 Å². The van der Waals surface area contributed by atoms with Gasteiger partial charge in [-0.1, -0.05) is 54.6 Å². The second kappa shape index (κ2) is 8.70. The molecule has 0 unspecified atom stereocenters. The smallest absolute Gasteiger partial charge is 0.258 e. The number of nitrogens with one attached hydrogen (secondary N) is 1. The van der Waals surface area contributed by atoms with E-state index in [2.05, 4.69) is 5.32 Å². The SMILES string of the molecule is Cc1sc(NC(=O)c2ccccc2-c2ccccc2)nc1-c1ccc2c(c1)CCN2S(C)(=O)=O. The second-order valence-corrected chi connectivity index (χ2v) is 11.3. The molecule has 5 rings (SSSR count). The van der Waals surface area contributed by atoms with Crippen molar-refractivity contribution in [3.05, 3.63) is 88.8 Å². The van der Waals surface area contributed by atoms with Gasteiger partial charge >= 0.3 is 0 Å². The fraction of sp³-hybridized carbons (Fsp3) is 0.154. The molecule has 4 aromatic rings. The van der Waals surface area contributed by atoms with Crippen molar-refractivity contribution in [2.75, 3.05) is 22.4 Å². The Morgan fingerprint density at radius 2 is 1.74 bits per heavy atom. The fourth-order valence-electron chi connectivity index (χ4n) is 4.30. The van der Waals surface area contributed by atoms with Crippen LogP contribution in [0.1, 0.15) is 20.8 Å². The average molecular weight is 490 g/mol. The van der Waals surface area contributed by atoms with Gasteiger partial charge in [-0.3, -0.25) is 14.4 Å². The number of hydrogen-bond donors (Lipinski definition) is 1. The molecule has 8 heteroatoms. The maximum Gasteiger partial charge on any atom is 0.258 e. The van der Waals surface area contributed by atoms with Crippen molar-refractivity contribution in [1.82, 2.24) is 4.98 Å². The number of thiazole rings is 1. The number of aryl methyl sites for hydroxylation is 1. The molecule has 1 N–H and O–H groups in total. The van der Waals surface area contributed by atoms with Crippen LogP contribution in [-0.4, -0.2) is 32.1 Å². The van der Waals surface area contributed by atoms with E-state index in [0.29, 0.717) is 23.7 Å². The minimum absolute atomic E-state index is 0.211. The van der Waals surface area contributed by atoms with E-state index in [1.54, 1.807) is 0 Å². The molecular weight excluding hydrogens is 466 g/mol. The van der Waals surface area contributed by atoms with Crippen LogP contribution in [0, 0.1) is 6.92 Å². The van der Waals surface area contributed by atoms with Gasteiger partial charge in [0.15, 0.2) is 5.13 Å². The molecule has 0 fully saturated rings. The minimum Gasteiger partial charge on any atom is -0.298 e. The highest BCUT2D eigenvalue weighted by molar-refractivity contribution is 7.92. The molecule has 34 heavy (non-hydrogen) atoms. The number of carbonyl (C=O) groups excluding carboxylic acids is 1. The predicted octanol–water partition coefficient (Wildman–Crippen LogP) is 5.36. The largest absolute Gasteiger partial charge is 0.298 e. The molecule has 0 bridgehead atoms. The third-order valence-electron chi connectivity index (χ3n) is 5.88. The van der Waals surface area contributed by atoms with Gasteiger partial charge in [0.05, 0.1) is 17.6 Å². The van der Waals surface area contributed by atoms with Gasteiger partial charge in [0.2, 0.25) is 10.0 Å². The topological polar surface area (TPSA) is 79.4 Å². The summed E-state index contributed by atoms with van der Waals surface area (Å²) in [6.45, 7) is 2.42. The summed E-state index contributed by atoms with van der Waals surface area (Å²) in [4.78, 5) is 18.8. The molecule has 1 aliphatic heterocycles. The van der Waals surface area contributed by atoms with Gasteiger partial charge in [-0.15, -0.1) is 11.3 Å². The zero-order chi connectivity index (χ0) is 23.9. The van der Waals surface area contributed by atoms with E-state index in [1.807, 2.05) is 79.7 Å². The number of benzene rings is 3. The highest BCUT2D eigenvalue weighted by atomic mass is 32.2. The van der Waals surface area contributed by atoms with Gasteiger partial charge in [-0.2, -0.15) is 0 Å². The Morgan fingerprint density at radius 1 is 1.00 bits per heavy atom. The first kappa shape index (κ1) is 22.3. The average Bonchev–Trinajstić information content (AvgIpc) is 3.42. The number of aromatic nitrogens is 1. The molecular formula is C26H23N3O3S2. The molecule has 0 saturated carbocycles. The van der Waals surface area contributed by atoms with Gasteiger partial charge in [0.25, 0.3) is 5.91 Å². The third-order valence-corrected chi connectivity index (χ3v) is 7.95. The van der Waals surface area contributed by atoms with Crippen LogP contribution in [0.5, 0.6) is 0 Å². The van der Waals surface area contributed by atoms with Gasteiger partial charge in [-0.25, -0.2) is 13.4 Å². The summed E-state index contributed by atoms with van der Waals surface area (Å²) in [6.07, 6.45) is 1.89. The number of nitrogens with zero attached hydrogens (tertiary/aromatic N) is 2. The minimum atomic E-state index is -3.29. The van der Waals surface area contributed by atoms with Crippen LogP contribution in [0.2, 0.25) is 0 Å². The van der Waals surface area contributed by atoms with Crippen LogP contribution in [0.15, 0.2) is 72.8 Å². The number of amides is 1. The van der Waals surface area contributed by atoms with Gasteiger partial charge in [0.1, 0.15) is 0 Å². The number of carbonyl (C=O) groups is 1. The molecule has 2 heterocycles. The van der Waals surface area contributed by atoms with Crippen LogP contribution < -0.4 is 9.62 Å². The first-order chi connectivity index (χ1) is 16.3. The Labute approximate surface area is 203 Å². The fourth-order valence-corrected chi connectivity index (χ4v) is 6.09. The number of sulfonamides is 1. The Morgan fingerprint density at radius 3 is 2.50 bits per heavy atom. The summed E-state index contributed by atoms with van der Waals surface area (Å²) in [7, 11) is -3.29. The zero-order valence-corrected chi connectivity index (χ0v) is 20.4. The Bertz CT molecular complexity index is 1490. The van der Waals surface area contributed by atoms with Gasteiger partial charge in [0, 0.05) is 22.5 Å². The molecule has 1 amide bonds. The molecule has 6 nitrogen and oxygen atoms in total. The van der Waals surface area contributed by atoms with Crippen LogP contribution in [0.25, 0.3) is 22.4 Å². The van der Waals surface area contributed by atoms with E-state index >= 15 is 0 Å².